The van der Waals surface area contributed by atoms with Gasteiger partial charge in [0.2, 0.25) is 0 Å². The van der Waals surface area contributed by atoms with Crippen molar-refractivity contribution in [3.8, 4) is 5.75 Å². The number of rotatable bonds is 5. The summed E-state index contributed by atoms with van der Waals surface area (Å²) in [5.74, 6) is 0.217. The first-order valence-electron chi connectivity index (χ1n) is 8.17. The molecule has 1 heterocycles. The number of ether oxygens (including phenoxy) is 1. The normalized spacial score (nSPS) is 11.0. The number of carbonyl (C=O) groups excluding carboxylic acids is 1. The molecule has 1 aromatic heterocycles. The molecular weight excluding hydrogens is 330 g/mol. The van der Waals surface area contributed by atoms with Gasteiger partial charge < -0.3 is 9.72 Å². The molecule has 2 aromatic carbocycles. The van der Waals surface area contributed by atoms with Gasteiger partial charge in [-0.1, -0.05) is 24.3 Å². The number of aromatic nitrogens is 1. The molecule has 26 heavy (non-hydrogen) atoms. The minimum atomic E-state index is -0.406. The topological polar surface area (TPSA) is 83.5 Å². The molecule has 0 aliphatic rings. The van der Waals surface area contributed by atoms with Crippen molar-refractivity contribution in [2.45, 2.75) is 13.8 Å². The number of benzene rings is 2. The molecule has 6 heteroatoms. The number of fused-ring (bicyclic) bond motifs is 1. The van der Waals surface area contributed by atoms with Crippen LogP contribution < -0.4 is 15.7 Å². The summed E-state index contributed by atoms with van der Waals surface area (Å²) in [7, 11) is 0. The first-order valence-corrected chi connectivity index (χ1v) is 8.17. The molecule has 132 valence electrons. The van der Waals surface area contributed by atoms with Crippen LogP contribution in [-0.2, 0) is 4.79 Å². The molecule has 0 aliphatic carbocycles. The van der Waals surface area contributed by atoms with Crippen LogP contribution in [0.2, 0.25) is 0 Å². The molecule has 1 amide bonds. The molecular formula is C20H19N3O3. The van der Waals surface area contributed by atoms with Crippen LogP contribution >= 0.6 is 0 Å². The average Bonchev–Trinajstić information content (AvgIpc) is 2.63. The van der Waals surface area contributed by atoms with Crippen molar-refractivity contribution >= 4 is 23.0 Å². The molecule has 0 radical (unpaired) electrons. The number of nitrogens with zero attached hydrogens (tertiary/aromatic N) is 1. The monoisotopic (exact) mass is 349 g/mol. The van der Waals surface area contributed by atoms with E-state index in [1.54, 1.807) is 6.07 Å². The van der Waals surface area contributed by atoms with E-state index < -0.39 is 5.91 Å². The number of carbonyl (C=O) groups is 1. The van der Waals surface area contributed by atoms with Crippen molar-refractivity contribution < 1.29 is 9.53 Å². The van der Waals surface area contributed by atoms with Gasteiger partial charge in [-0.05, 0) is 54.6 Å². The second-order valence-corrected chi connectivity index (χ2v) is 5.97. The number of amides is 1. The standard InChI is InChI=1S/C20H19N3O3/c1-13-7-8-17(9-14(13)2)26-12-19(24)23-21-11-16-10-15-5-3-4-6-18(15)22-20(16)25/h3-11H,12H2,1-2H3,(H,22,25)(H,23,24)/b21-11+. The molecule has 0 unspecified atom stereocenters. The lowest BCUT2D eigenvalue weighted by atomic mass is 10.1. The van der Waals surface area contributed by atoms with E-state index in [1.807, 2.05) is 56.3 Å². The predicted octanol–water partition coefficient (Wildman–Crippen LogP) is 2.67. The SMILES string of the molecule is Cc1ccc(OCC(=O)N/N=C/c2cc3ccccc3[nH]c2=O)cc1C. The highest BCUT2D eigenvalue weighted by Gasteiger charge is 2.04. The maximum atomic E-state index is 12.0. The van der Waals surface area contributed by atoms with Crippen LogP contribution in [-0.4, -0.2) is 23.7 Å². The van der Waals surface area contributed by atoms with Crippen LogP contribution in [0.15, 0.2) is 58.4 Å². The molecule has 2 N–H and O–H groups in total. The molecule has 0 aliphatic heterocycles. The number of para-hydroxylation sites is 1. The highest BCUT2D eigenvalue weighted by molar-refractivity contribution is 5.88. The van der Waals surface area contributed by atoms with Crippen molar-refractivity contribution in [2.24, 2.45) is 5.10 Å². The molecule has 0 fully saturated rings. The Morgan fingerprint density at radius 1 is 1.15 bits per heavy atom. The minimum absolute atomic E-state index is 0.159. The van der Waals surface area contributed by atoms with Gasteiger partial charge in [0.15, 0.2) is 6.61 Å². The zero-order chi connectivity index (χ0) is 18.5. The first-order chi connectivity index (χ1) is 12.5. The Labute approximate surface area is 150 Å². The molecule has 0 bridgehead atoms. The number of hydrogen-bond donors (Lipinski definition) is 2. The Morgan fingerprint density at radius 2 is 1.96 bits per heavy atom. The Balaban J connectivity index is 1.59. The van der Waals surface area contributed by atoms with Gasteiger partial charge in [0.1, 0.15) is 5.75 Å². The lowest BCUT2D eigenvalue weighted by Gasteiger charge is -2.07. The van der Waals surface area contributed by atoms with Crippen molar-refractivity contribution in [1.82, 2.24) is 10.4 Å². The van der Waals surface area contributed by atoms with Gasteiger partial charge in [0, 0.05) is 5.52 Å². The van der Waals surface area contributed by atoms with Crippen molar-refractivity contribution in [3.05, 3.63) is 75.6 Å². The number of H-pyrrole nitrogens is 1. The summed E-state index contributed by atoms with van der Waals surface area (Å²) in [6, 6.07) is 14.8. The zero-order valence-corrected chi connectivity index (χ0v) is 14.6. The minimum Gasteiger partial charge on any atom is -0.484 e. The largest absolute Gasteiger partial charge is 0.484 e. The number of aryl methyl sites for hydroxylation is 2. The predicted molar refractivity (Wildman–Crippen MR) is 102 cm³/mol. The summed E-state index contributed by atoms with van der Waals surface area (Å²) < 4.78 is 5.43. The van der Waals surface area contributed by atoms with Gasteiger partial charge >= 0.3 is 0 Å². The lowest BCUT2D eigenvalue weighted by Crippen LogP contribution is -2.25. The average molecular weight is 349 g/mol. The Bertz CT molecular complexity index is 1040. The second kappa shape index (κ2) is 7.65. The maximum absolute atomic E-state index is 12.0. The van der Waals surface area contributed by atoms with Gasteiger partial charge in [-0.25, -0.2) is 5.43 Å². The Morgan fingerprint density at radius 3 is 2.77 bits per heavy atom. The molecule has 6 nitrogen and oxygen atoms in total. The molecule has 3 rings (SSSR count). The van der Waals surface area contributed by atoms with Crippen LogP contribution in [0.25, 0.3) is 10.9 Å². The van der Waals surface area contributed by atoms with Crippen molar-refractivity contribution in [3.63, 3.8) is 0 Å². The summed E-state index contributed by atoms with van der Waals surface area (Å²) in [5, 5.41) is 4.72. The molecule has 0 saturated carbocycles. The Hall–Kier alpha value is -3.41. The smallest absolute Gasteiger partial charge is 0.277 e. The van der Waals surface area contributed by atoms with Crippen LogP contribution in [0.1, 0.15) is 16.7 Å². The fourth-order valence-electron chi connectivity index (χ4n) is 2.42. The van der Waals surface area contributed by atoms with E-state index in [-0.39, 0.29) is 12.2 Å². The van der Waals surface area contributed by atoms with Gasteiger partial charge in [0.05, 0.1) is 11.8 Å². The van der Waals surface area contributed by atoms with E-state index in [0.29, 0.717) is 11.3 Å². The number of pyridine rings is 1. The van der Waals surface area contributed by atoms with E-state index in [1.165, 1.54) is 6.21 Å². The number of aromatic amines is 1. The summed E-state index contributed by atoms with van der Waals surface area (Å²) in [4.78, 5) is 26.6. The van der Waals surface area contributed by atoms with E-state index in [9.17, 15) is 9.59 Å². The summed E-state index contributed by atoms with van der Waals surface area (Å²) in [5.41, 5.74) is 5.45. The molecule has 0 atom stereocenters. The quantitative estimate of drug-likeness (QED) is 0.549. The lowest BCUT2D eigenvalue weighted by molar-refractivity contribution is -0.123. The van der Waals surface area contributed by atoms with Crippen molar-refractivity contribution in [2.75, 3.05) is 6.61 Å². The van der Waals surface area contributed by atoms with Crippen LogP contribution in [0.5, 0.6) is 5.75 Å². The van der Waals surface area contributed by atoms with Gasteiger partial charge in [-0.3, -0.25) is 9.59 Å². The number of hydrogen-bond acceptors (Lipinski definition) is 4. The van der Waals surface area contributed by atoms with Crippen LogP contribution in [0.4, 0.5) is 0 Å². The highest BCUT2D eigenvalue weighted by Crippen LogP contribution is 2.16. The zero-order valence-electron chi connectivity index (χ0n) is 14.6. The number of hydrazone groups is 1. The molecule has 0 spiro atoms. The molecule has 0 saturated heterocycles. The third-order valence-corrected chi connectivity index (χ3v) is 4.02. The van der Waals surface area contributed by atoms with E-state index in [2.05, 4.69) is 15.5 Å². The Kier molecular flexibility index (Phi) is 5.12. The highest BCUT2D eigenvalue weighted by atomic mass is 16.5. The van der Waals surface area contributed by atoms with E-state index in [0.717, 1.165) is 22.0 Å². The third-order valence-electron chi connectivity index (χ3n) is 4.02. The third kappa shape index (κ3) is 4.16. The van der Waals surface area contributed by atoms with Gasteiger partial charge in [-0.15, -0.1) is 0 Å². The van der Waals surface area contributed by atoms with Gasteiger partial charge in [-0.2, -0.15) is 5.10 Å². The van der Waals surface area contributed by atoms with Gasteiger partial charge in [0.25, 0.3) is 11.5 Å². The summed E-state index contributed by atoms with van der Waals surface area (Å²) in [6.07, 6.45) is 1.32. The fraction of sp³-hybridized carbons (Fsp3) is 0.150. The van der Waals surface area contributed by atoms with Crippen LogP contribution in [0, 0.1) is 13.8 Å². The summed E-state index contributed by atoms with van der Waals surface area (Å²) in [6.45, 7) is 3.83. The second-order valence-electron chi connectivity index (χ2n) is 5.97. The first kappa shape index (κ1) is 17.4. The van der Waals surface area contributed by atoms with E-state index in [4.69, 9.17) is 4.74 Å². The van der Waals surface area contributed by atoms with E-state index >= 15 is 0 Å². The molecule has 3 aromatic rings. The number of nitrogens with one attached hydrogen (secondary N) is 2. The maximum Gasteiger partial charge on any atom is 0.277 e. The van der Waals surface area contributed by atoms with Crippen LogP contribution in [0.3, 0.4) is 0 Å². The van der Waals surface area contributed by atoms with Crippen molar-refractivity contribution in [1.29, 1.82) is 0 Å². The fourth-order valence-corrected chi connectivity index (χ4v) is 2.42. The summed E-state index contributed by atoms with van der Waals surface area (Å²) >= 11 is 0.